The molecule has 210 valence electrons. The monoisotopic (exact) mass is 518 g/mol. The molecule has 3 heteroatoms. The molecular formula is C35H55BO2. The molecule has 1 saturated heterocycles. The Balaban J connectivity index is -0.000000700. The number of fused-ring (bicyclic) bond motifs is 3. The van der Waals surface area contributed by atoms with Crippen LogP contribution in [0.2, 0.25) is 0 Å². The van der Waals surface area contributed by atoms with Gasteiger partial charge >= 0.3 is 7.12 Å². The molecule has 1 fully saturated rings. The van der Waals surface area contributed by atoms with Gasteiger partial charge < -0.3 is 9.31 Å². The highest BCUT2D eigenvalue weighted by Crippen LogP contribution is 2.52. The molecule has 2 aromatic rings. The zero-order chi connectivity index (χ0) is 27.2. The molecule has 1 aliphatic carbocycles. The Bertz CT molecular complexity index is 1420. The van der Waals surface area contributed by atoms with E-state index in [1.807, 2.05) is 0 Å². The first-order valence-corrected chi connectivity index (χ1v) is 14.0. The Morgan fingerprint density at radius 1 is 0.816 bits per heavy atom. The SMILES string of the molecule is C=C=C=C=C=C=C=CC1(CCCCCCCC)c2ccccc2-c2ccc(B3OC(C)(C)C(C)(C)O3)cc21.[HH].[HH].[HH].[HH].[HH].[HH].[HH].[HH]. The lowest BCUT2D eigenvalue weighted by molar-refractivity contribution is 0.00578. The number of unbranched alkanes of at least 4 members (excludes halogenated alkanes) is 5. The molecule has 0 saturated carbocycles. The first kappa shape index (κ1) is 27.9. The summed E-state index contributed by atoms with van der Waals surface area (Å²) < 4.78 is 12.9. The van der Waals surface area contributed by atoms with Gasteiger partial charge in [-0.15, -0.1) is 0 Å². The second kappa shape index (κ2) is 11.7. The summed E-state index contributed by atoms with van der Waals surface area (Å²) in [6.07, 6.45) is 10.7. The van der Waals surface area contributed by atoms with Crippen molar-refractivity contribution in [3.8, 4) is 11.1 Å². The van der Waals surface area contributed by atoms with E-state index < -0.39 is 7.12 Å². The van der Waals surface area contributed by atoms with E-state index in [0.29, 0.717) is 0 Å². The Labute approximate surface area is 241 Å². The van der Waals surface area contributed by atoms with E-state index in [1.165, 1.54) is 54.4 Å². The zero-order valence-corrected chi connectivity index (χ0v) is 23.7. The third kappa shape index (κ3) is 5.50. The van der Waals surface area contributed by atoms with Crippen LogP contribution in [-0.4, -0.2) is 18.3 Å². The van der Waals surface area contributed by atoms with Crippen LogP contribution >= 0.6 is 0 Å². The van der Waals surface area contributed by atoms with Crippen molar-refractivity contribution in [2.45, 2.75) is 96.2 Å². The van der Waals surface area contributed by atoms with Crippen molar-refractivity contribution in [1.29, 1.82) is 0 Å². The number of hydrogen-bond acceptors (Lipinski definition) is 2. The smallest absolute Gasteiger partial charge is 0.399 e. The Hall–Kier alpha value is -3.16. The van der Waals surface area contributed by atoms with E-state index in [2.05, 4.69) is 124 Å². The average Bonchev–Trinajstić information content (AvgIpc) is 3.29. The highest BCUT2D eigenvalue weighted by molar-refractivity contribution is 6.62. The molecule has 38 heavy (non-hydrogen) atoms. The largest absolute Gasteiger partial charge is 0.494 e. The van der Waals surface area contributed by atoms with Crippen molar-refractivity contribution in [3.05, 3.63) is 101 Å². The third-order valence-corrected chi connectivity index (χ3v) is 8.34. The first-order valence-electron chi connectivity index (χ1n) is 14.0. The summed E-state index contributed by atoms with van der Waals surface area (Å²) in [7, 11) is -0.404. The van der Waals surface area contributed by atoms with Gasteiger partial charge in [-0.05, 0) is 97.4 Å². The predicted octanol–water partition coefficient (Wildman–Crippen LogP) is 10.1. The summed E-state index contributed by atoms with van der Waals surface area (Å²) in [4.78, 5) is 0. The van der Waals surface area contributed by atoms with Gasteiger partial charge in [-0.3, -0.25) is 0 Å². The van der Waals surface area contributed by atoms with Gasteiger partial charge in [0.2, 0.25) is 0 Å². The van der Waals surface area contributed by atoms with E-state index >= 15 is 0 Å². The molecule has 0 spiro atoms. The molecule has 0 amide bonds. The summed E-state index contributed by atoms with van der Waals surface area (Å²) >= 11 is 0. The minimum Gasteiger partial charge on any atom is -0.399 e. The average molecular weight is 519 g/mol. The lowest BCUT2D eigenvalue weighted by atomic mass is 9.71. The summed E-state index contributed by atoms with van der Waals surface area (Å²) in [6, 6.07) is 15.5. The number of rotatable bonds is 9. The molecule has 1 heterocycles. The molecule has 2 aliphatic rings. The molecule has 4 rings (SSSR count). The van der Waals surface area contributed by atoms with Crippen LogP contribution in [0.4, 0.5) is 0 Å². The van der Waals surface area contributed by atoms with E-state index in [4.69, 9.17) is 9.31 Å². The standard InChI is InChI=1S/C35H39BO2.8H2/c1-7-9-11-13-15-19-25-35(26-20-16-14-12-10-8-2)31-22-18-17-21-29(31)30-24-23-28(27-32(30)35)36-37-33(3,4)34(5,6)38-36;;;;;;;;/h17-18,21-25,27H,1,8,10,12,14,16,20,26H2,2-6H3;8*1H. The lowest BCUT2D eigenvalue weighted by Gasteiger charge is -2.32. The molecule has 0 bridgehead atoms. The second-order valence-corrected chi connectivity index (χ2v) is 11.4. The van der Waals surface area contributed by atoms with Gasteiger partial charge in [-0.2, -0.15) is 0 Å². The molecule has 1 atom stereocenters. The first-order chi connectivity index (χ1) is 18.3. The molecular weight excluding hydrogens is 463 g/mol. The maximum Gasteiger partial charge on any atom is 0.494 e. The van der Waals surface area contributed by atoms with Crippen LogP contribution in [0.15, 0.2) is 89.5 Å². The van der Waals surface area contributed by atoms with E-state index in [1.54, 1.807) is 0 Å². The van der Waals surface area contributed by atoms with Gasteiger partial charge in [0, 0.05) is 16.8 Å². The number of allylic oxidation sites excluding steroid dienone is 1. The van der Waals surface area contributed by atoms with E-state index in [0.717, 1.165) is 18.3 Å². The Morgan fingerprint density at radius 3 is 2.21 bits per heavy atom. The highest BCUT2D eigenvalue weighted by atomic mass is 16.7. The quantitative estimate of drug-likeness (QED) is 0.187. The topological polar surface area (TPSA) is 18.5 Å². The maximum atomic E-state index is 6.43. The second-order valence-electron chi connectivity index (χ2n) is 11.4. The van der Waals surface area contributed by atoms with Gasteiger partial charge in [0.1, 0.15) is 0 Å². The van der Waals surface area contributed by atoms with Crippen LogP contribution in [0.1, 0.15) is 102 Å². The van der Waals surface area contributed by atoms with Gasteiger partial charge in [-0.25, -0.2) is 0 Å². The van der Waals surface area contributed by atoms with Gasteiger partial charge in [0.05, 0.1) is 11.2 Å². The normalized spacial score (nSPS) is 19.7. The fraction of sp³-hybridized carbons (Fsp3) is 0.429. The minimum absolute atomic E-state index is 0. The van der Waals surface area contributed by atoms with Crippen LogP contribution in [0.5, 0.6) is 0 Å². The summed E-state index contributed by atoms with van der Waals surface area (Å²) in [5.74, 6) is 0. The molecule has 1 aliphatic heterocycles. The van der Waals surface area contributed by atoms with Crippen LogP contribution in [-0.2, 0) is 14.7 Å². The van der Waals surface area contributed by atoms with Crippen molar-refractivity contribution in [2.75, 3.05) is 0 Å². The number of benzene rings is 2. The molecule has 1 unspecified atom stereocenters. The predicted molar refractivity (Wildman–Crippen MR) is 175 cm³/mol. The molecule has 2 aromatic carbocycles. The van der Waals surface area contributed by atoms with Crippen LogP contribution in [0.3, 0.4) is 0 Å². The lowest BCUT2D eigenvalue weighted by Crippen LogP contribution is -2.41. The maximum absolute atomic E-state index is 6.43. The van der Waals surface area contributed by atoms with Gasteiger partial charge in [-0.1, -0.05) is 99.4 Å². The van der Waals surface area contributed by atoms with Crippen LogP contribution < -0.4 is 5.46 Å². The highest BCUT2D eigenvalue weighted by Gasteiger charge is 2.52. The third-order valence-electron chi connectivity index (χ3n) is 8.34. The van der Waals surface area contributed by atoms with Crippen LogP contribution in [0, 0.1) is 0 Å². The molecule has 0 radical (unpaired) electrons. The van der Waals surface area contributed by atoms with E-state index in [-0.39, 0.29) is 28.0 Å². The van der Waals surface area contributed by atoms with Gasteiger partial charge in [0.25, 0.3) is 0 Å². The van der Waals surface area contributed by atoms with Gasteiger partial charge in [0.15, 0.2) is 0 Å². The number of hydrogen-bond donors (Lipinski definition) is 0. The summed E-state index contributed by atoms with van der Waals surface area (Å²) in [5, 5.41) is 0. The van der Waals surface area contributed by atoms with E-state index in [9.17, 15) is 0 Å². The van der Waals surface area contributed by atoms with Crippen molar-refractivity contribution in [3.63, 3.8) is 0 Å². The Kier molecular flexibility index (Phi) is 8.59. The molecule has 0 aromatic heterocycles. The fourth-order valence-electron chi connectivity index (χ4n) is 5.53. The molecule has 0 N–H and O–H groups in total. The van der Waals surface area contributed by atoms with Crippen LogP contribution in [0.25, 0.3) is 11.1 Å². The minimum atomic E-state index is -0.404. The van der Waals surface area contributed by atoms with Crippen molar-refractivity contribution in [2.24, 2.45) is 0 Å². The van der Waals surface area contributed by atoms with Crippen molar-refractivity contribution >= 4 is 12.6 Å². The van der Waals surface area contributed by atoms with Crippen molar-refractivity contribution < 1.29 is 20.7 Å². The summed E-state index contributed by atoms with van der Waals surface area (Å²) in [6.45, 7) is 14.2. The molecule has 2 nitrogen and oxygen atoms in total. The summed E-state index contributed by atoms with van der Waals surface area (Å²) in [5.41, 5.74) is 22.2. The van der Waals surface area contributed by atoms with Crippen molar-refractivity contribution in [1.82, 2.24) is 0 Å². The Morgan fingerprint density at radius 2 is 1.47 bits per heavy atom. The zero-order valence-electron chi connectivity index (χ0n) is 23.7. The fourth-order valence-corrected chi connectivity index (χ4v) is 5.53.